The predicted molar refractivity (Wildman–Crippen MR) is 126 cm³/mol. The van der Waals surface area contributed by atoms with Crippen molar-refractivity contribution >= 4 is 0 Å². The first-order valence-electron chi connectivity index (χ1n) is 12.2. The van der Waals surface area contributed by atoms with Crippen LogP contribution in [-0.4, -0.2) is 0 Å². The van der Waals surface area contributed by atoms with E-state index in [1.165, 1.54) is 60.8 Å². The van der Waals surface area contributed by atoms with Gasteiger partial charge in [0, 0.05) is 0 Å². The number of fused-ring (bicyclic) bond motifs is 1. The zero-order chi connectivity index (χ0) is 20.9. The number of allylic oxidation sites excluding steroid dienone is 1. The number of aryl methyl sites for hydroxylation is 2. The summed E-state index contributed by atoms with van der Waals surface area (Å²) in [4.78, 5) is 0. The maximum atomic E-state index is 15.2. The van der Waals surface area contributed by atoms with E-state index in [0.29, 0.717) is 11.8 Å². The van der Waals surface area contributed by atoms with E-state index < -0.39 is 0 Å². The first kappa shape index (κ1) is 21.3. The lowest BCUT2D eigenvalue weighted by Crippen LogP contribution is -2.16. The molecule has 0 bridgehead atoms. The smallest absolute Gasteiger partial charge is 0.126 e. The highest BCUT2D eigenvalue weighted by Gasteiger charge is 2.25. The van der Waals surface area contributed by atoms with Gasteiger partial charge >= 0.3 is 0 Å². The van der Waals surface area contributed by atoms with Crippen molar-refractivity contribution in [1.82, 2.24) is 0 Å². The van der Waals surface area contributed by atoms with Crippen molar-refractivity contribution in [2.75, 3.05) is 0 Å². The number of halogens is 1. The van der Waals surface area contributed by atoms with Gasteiger partial charge in [0.2, 0.25) is 0 Å². The Labute approximate surface area is 182 Å². The van der Waals surface area contributed by atoms with E-state index in [1.54, 1.807) is 0 Å². The van der Waals surface area contributed by atoms with Crippen molar-refractivity contribution in [3.8, 4) is 0 Å². The van der Waals surface area contributed by atoms with Crippen LogP contribution in [0.1, 0.15) is 97.9 Å². The van der Waals surface area contributed by atoms with Crippen molar-refractivity contribution in [1.29, 1.82) is 0 Å². The van der Waals surface area contributed by atoms with Crippen LogP contribution in [0.5, 0.6) is 0 Å². The van der Waals surface area contributed by atoms with Crippen LogP contribution in [0.3, 0.4) is 0 Å². The molecule has 1 atom stereocenters. The Morgan fingerprint density at radius 2 is 1.80 bits per heavy atom. The van der Waals surface area contributed by atoms with Crippen LogP contribution in [0.15, 0.2) is 49.1 Å². The summed E-state index contributed by atoms with van der Waals surface area (Å²) >= 11 is 0. The molecule has 0 amide bonds. The summed E-state index contributed by atoms with van der Waals surface area (Å²) in [6.45, 7) is 6.11. The lowest BCUT2D eigenvalue weighted by atomic mass is 9.76. The Kier molecular flexibility index (Phi) is 7.08. The molecular formula is C29H37F. The average Bonchev–Trinajstić information content (AvgIpc) is 2.78. The molecular weight excluding hydrogens is 367 g/mol. The minimum Gasteiger partial charge on any atom is -0.207 e. The quantitative estimate of drug-likeness (QED) is 0.407. The molecule has 2 aromatic rings. The summed E-state index contributed by atoms with van der Waals surface area (Å²) in [5.74, 6) is 1.79. The molecule has 1 heteroatoms. The minimum absolute atomic E-state index is 0.0271. The van der Waals surface area contributed by atoms with Gasteiger partial charge in [-0.1, -0.05) is 56.2 Å². The summed E-state index contributed by atoms with van der Waals surface area (Å²) in [6.07, 6.45) is 14.9. The van der Waals surface area contributed by atoms with E-state index >= 15 is 4.39 Å². The van der Waals surface area contributed by atoms with E-state index in [1.807, 2.05) is 12.1 Å². The minimum atomic E-state index is 0.0271. The number of hydrogen-bond acceptors (Lipinski definition) is 0. The Hall–Kier alpha value is -1.89. The fraction of sp³-hybridized carbons (Fsp3) is 0.517. The molecule has 160 valence electrons. The standard InChI is InChI=1S/C29H37F/c1-3-5-7-22-10-13-25-19-27(15-14-24(25)18-22)28-17-16-26(20-29(28)30)23-11-8-21(6-4-2)9-12-23/h3,10,13,16-18,20-21,23,27H,1,4-9,11-12,14-15,19H2,2H3. The van der Waals surface area contributed by atoms with Crippen LogP contribution in [-0.2, 0) is 19.3 Å². The van der Waals surface area contributed by atoms with Gasteiger partial charge in [-0.25, -0.2) is 4.39 Å². The number of rotatable bonds is 7. The van der Waals surface area contributed by atoms with Crippen LogP contribution in [0.4, 0.5) is 4.39 Å². The van der Waals surface area contributed by atoms with E-state index in [-0.39, 0.29) is 5.82 Å². The average molecular weight is 405 g/mol. The third kappa shape index (κ3) is 4.88. The molecule has 2 aromatic carbocycles. The molecule has 0 radical (unpaired) electrons. The summed E-state index contributed by atoms with van der Waals surface area (Å²) < 4.78 is 15.2. The van der Waals surface area contributed by atoms with E-state index in [2.05, 4.69) is 43.8 Å². The highest BCUT2D eigenvalue weighted by molar-refractivity contribution is 5.38. The van der Waals surface area contributed by atoms with Crippen LogP contribution in [0.2, 0.25) is 0 Å². The number of hydrogen-bond donors (Lipinski definition) is 0. The molecule has 0 saturated heterocycles. The third-order valence-corrected chi connectivity index (χ3v) is 7.62. The van der Waals surface area contributed by atoms with E-state index in [4.69, 9.17) is 0 Å². The monoisotopic (exact) mass is 404 g/mol. The molecule has 0 heterocycles. The molecule has 1 unspecified atom stereocenters. The fourth-order valence-corrected chi connectivity index (χ4v) is 5.82. The molecule has 30 heavy (non-hydrogen) atoms. The second kappa shape index (κ2) is 9.94. The van der Waals surface area contributed by atoms with Crippen LogP contribution < -0.4 is 0 Å². The highest BCUT2D eigenvalue weighted by atomic mass is 19.1. The summed E-state index contributed by atoms with van der Waals surface area (Å²) in [5, 5.41) is 0. The van der Waals surface area contributed by atoms with Crippen LogP contribution in [0, 0.1) is 11.7 Å². The van der Waals surface area contributed by atoms with Crippen molar-refractivity contribution < 1.29 is 4.39 Å². The van der Waals surface area contributed by atoms with Gasteiger partial charge in [-0.3, -0.25) is 0 Å². The van der Waals surface area contributed by atoms with Gasteiger partial charge in [0.1, 0.15) is 5.82 Å². The Morgan fingerprint density at radius 1 is 0.967 bits per heavy atom. The van der Waals surface area contributed by atoms with E-state index in [9.17, 15) is 0 Å². The van der Waals surface area contributed by atoms with E-state index in [0.717, 1.165) is 43.6 Å². The molecule has 0 aromatic heterocycles. The van der Waals surface area contributed by atoms with Gasteiger partial charge in [0.25, 0.3) is 0 Å². The molecule has 0 aliphatic heterocycles. The largest absolute Gasteiger partial charge is 0.207 e. The Bertz CT molecular complexity index is 857. The molecule has 0 N–H and O–H groups in total. The van der Waals surface area contributed by atoms with Gasteiger partial charge < -0.3 is 0 Å². The van der Waals surface area contributed by atoms with Crippen molar-refractivity contribution in [3.05, 3.63) is 82.7 Å². The summed E-state index contributed by atoms with van der Waals surface area (Å²) in [5.41, 5.74) is 6.44. The van der Waals surface area contributed by atoms with Gasteiger partial charge in [-0.05, 0) is 109 Å². The van der Waals surface area contributed by atoms with Gasteiger partial charge in [-0.2, -0.15) is 0 Å². The molecule has 2 aliphatic carbocycles. The van der Waals surface area contributed by atoms with Gasteiger partial charge in [0.15, 0.2) is 0 Å². The second-order valence-corrected chi connectivity index (χ2v) is 9.66. The molecule has 1 fully saturated rings. The topological polar surface area (TPSA) is 0 Å². The first-order valence-corrected chi connectivity index (χ1v) is 12.2. The lowest BCUT2D eigenvalue weighted by Gasteiger charge is -2.29. The highest BCUT2D eigenvalue weighted by Crippen LogP contribution is 2.39. The zero-order valence-corrected chi connectivity index (χ0v) is 18.6. The molecule has 2 aliphatic rings. The summed E-state index contributed by atoms with van der Waals surface area (Å²) in [6, 6.07) is 13.1. The third-order valence-electron chi connectivity index (χ3n) is 7.62. The fourth-order valence-electron chi connectivity index (χ4n) is 5.82. The predicted octanol–water partition coefficient (Wildman–Crippen LogP) is 8.29. The van der Waals surface area contributed by atoms with Crippen molar-refractivity contribution in [2.24, 2.45) is 5.92 Å². The van der Waals surface area contributed by atoms with Crippen LogP contribution in [0.25, 0.3) is 0 Å². The number of benzene rings is 2. The lowest BCUT2D eigenvalue weighted by molar-refractivity contribution is 0.308. The van der Waals surface area contributed by atoms with Crippen molar-refractivity contribution in [3.63, 3.8) is 0 Å². The molecule has 4 rings (SSSR count). The normalized spacial score (nSPS) is 23.7. The van der Waals surface area contributed by atoms with Gasteiger partial charge in [0.05, 0.1) is 0 Å². The molecule has 0 nitrogen and oxygen atoms in total. The SMILES string of the molecule is C=CCCc1ccc2c(c1)CCC(c1ccc(C3CCC(CCC)CC3)cc1F)C2. The van der Waals surface area contributed by atoms with Gasteiger partial charge in [-0.15, -0.1) is 6.58 Å². The van der Waals surface area contributed by atoms with Crippen molar-refractivity contribution in [2.45, 2.75) is 89.4 Å². The first-order chi connectivity index (χ1) is 14.7. The second-order valence-electron chi connectivity index (χ2n) is 9.66. The maximum absolute atomic E-state index is 15.2. The Morgan fingerprint density at radius 3 is 2.53 bits per heavy atom. The molecule has 0 spiro atoms. The maximum Gasteiger partial charge on any atom is 0.126 e. The molecule has 1 saturated carbocycles. The van der Waals surface area contributed by atoms with Crippen LogP contribution >= 0.6 is 0 Å². The Balaban J connectivity index is 1.42. The zero-order valence-electron chi connectivity index (χ0n) is 18.6. The summed E-state index contributed by atoms with van der Waals surface area (Å²) in [7, 11) is 0.